The fourth-order valence-corrected chi connectivity index (χ4v) is 11.7. The molecule has 0 atom stereocenters. The van der Waals surface area contributed by atoms with Crippen molar-refractivity contribution in [3.8, 4) is 22.3 Å². The summed E-state index contributed by atoms with van der Waals surface area (Å²) in [5.41, 5.74) is 22.9. The van der Waals surface area contributed by atoms with E-state index in [1.54, 1.807) is 0 Å². The van der Waals surface area contributed by atoms with Crippen molar-refractivity contribution in [2.24, 2.45) is 0 Å². The normalized spacial score (nSPS) is 14.4. The quantitative estimate of drug-likeness (QED) is 0.154. The Morgan fingerprint density at radius 3 is 1.00 bits per heavy atom. The highest BCUT2D eigenvalue weighted by Gasteiger charge is 2.37. The lowest BCUT2D eigenvalue weighted by molar-refractivity contribution is 0.590. The molecule has 2 nitrogen and oxygen atoms in total. The third kappa shape index (κ3) is 6.81. The summed E-state index contributed by atoms with van der Waals surface area (Å²) in [6, 6.07) is 64.8. The van der Waals surface area contributed by atoms with Crippen LogP contribution in [0.5, 0.6) is 0 Å². The second-order valence-electron chi connectivity index (χ2n) is 22.8. The summed E-state index contributed by atoms with van der Waals surface area (Å²) in [7, 11) is 0. The van der Waals surface area contributed by atoms with Crippen LogP contribution in [0.3, 0.4) is 0 Å². The van der Waals surface area contributed by atoms with Gasteiger partial charge in [-0.15, -0.1) is 0 Å². The number of hydrogen-bond donors (Lipinski definition) is 0. The van der Waals surface area contributed by atoms with Crippen molar-refractivity contribution < 1.29 is 0 Å². The van der Waals surface area contributed by atoms with Crippen LogP contribution in [0.1, 0.15) is 114 Å². The van der Waals surface area contributed by atoms with Crippen LogP contribution in [0.25, 0.3) is 43.8 Å². The molecule has 0 radical (unpaired) electrons. The third-order valence-corrected chi connectivity index (χ3v) is 15.8. The molecule has 0 heterocycles. The molecule has 11 rings (SSSR count). The van der Waals surface area contributed by atoms with E-state index in [0.717, 1.165) is 22.7 Å². The van der Waals surface area contributed by atoms with Crippen LogP contribution in [0, 0.1) is 13.8 Å². The maximum absolute atomic E-state index is 2.47. The minimum absolute atomic E-state index is 0.0542. The smallest absolute Gasteiger partial charge is 0.0468 e. The number of hydrogen-bond acceptors (Lipinski definition) is 2. The van der Waals surface area contributed by atoms with Gasteiger partial charge in [-0.3, -0.25) is 0 Å². The lowest BCUT2D eigenvalue weighted by Gasteiger charge is -2.30. The van der Waals surface area contributed by atoms with Crippen molar-refractivity contribution >= 4 is 55.7 Å². The van der Waals surface area contributed by atoms with Gasteiger partial charge in [-0.25, -0.2) is 0 Å². The first-order valence-corrected chi connectivity index (χ1v) is 24.6. The summed E-state index contributed by atoms with van der Waals surface area (Å²) in [4.78, 5) is 4.94. The monoisotopic (exact) mass is 885 g/mol. The van der Waals surface area contributed by atoms with Gasteiger partial charge in [0.1, 0.15) is 0 Å². The Kier molecular flexibility index (Phi) is 9.83. The van der Waals surface area contributed by atoms with Gasteiger partial charge >= 0.3 is 0 Å². The van der Waals surface area contributed by atoms with Crippen LogP contribution >= 0.6 is 0 Å². The molecule has 338 valence electrons. The highest BCUT2D eigenvalue weighted by molar-refractivity contribution is 6.08. The standard InChI is InChI=1S/C66H64N2/c1-41-51-33-29-47(67(45-25-21-43(22-26-45)63(3,4)5)49-31-35-55-53-17-13-15-19-59(53)65(9,10)61(55)39-49)37-57(51)42(2)58-38-48(30-34-52(41)58)68(46-27-23-44(24-28-46)64(6,7)8)50-32-36-56-54-18-14-16-20-60(54)66(11,12)62(56)40-50/h13-40H,1-12H3. The predicted molar refractivity (Wildman–Crippen MR) is 293 cm³/mol. The van der Waals surface area contributed by atoms with Gasteiger partial charge in [-0.2, -0.15) is 0 Å². The lowest BCUT2D eigenvalue weighted by Crippen LogP contribution is -2.17. The van der Waals surface area contributed by atoms with Gasteiger partial charge in [0.15, 0.2) is 0 Å². The zero-order valence-electron chi connectivity index (χ0n) is 42.1. The van der Waals surface area contributed by atoms with Crippen molar-refractivity contribution in [1.82, 2.24) is 0 Å². The summed E-state index contributed by atoms with van der Waals surface area (Å²) in [6.45, 7) is 27.9. The van der Waals surface area contributed by atoms with Gasteiger partial charge in [0.2, 0.25) is 0 Å². The van der Waals surface area contributed by atoms with Crippen LogP contribution in [-0.4, -0.2) is 0 Å². The summed E-state index contributed by atoms with van der Waals surface area (Å²) < 4.78 is 0. The molecule has 0 spiro atoms. The van der Waals surface area contributed by atoms with Crippen molar-refractivity contribution in [1.29, 1.82) is 0 Å². The second kappa shape index (κ2) is 15.3. The van der Waals surface area contributed by atoms with E-state index in [9.17, 15) is 0 Å². The molecule has 0 aliphatic heterocycles. The molecule has 0 N–H and O–H groups in total. The maximum Gasteiger partial charge on any atom is 0.0468 e. The average molecular weight is 885 g/mol. The molecule has 0 amide bonds. The van der Waals surface area contributed by atoms with Gasteiger partial charge in [0, 0.05) is 45.0 Å². The van der Waals surface area contributed by atoms with Crippen LogP contribution in [-0.2, 0) is 21.7 Å². The minimum atomic E-state index is -0.110. The van der Waals surface area contributed by atoms with E-state index in [-0.39, 0.29) is 21.7 Å². The number of fused-ring (bicyclic) bond motifs is 8. The number of rotatable bonds is 6. The molecule has 2 aliphatic carbocycles. The Morgan fingerprint density at radius 2 is 0.618 bits per heavy atom. The summed E-state index contributed by atoms with van der Waals surface area (Å²) in [5.74, 6) is 0. The highest BCUT2D eigenvalue weighted by atomic mass is 15.1. The Morgan fingerprint density at radius 1 is 0.309 bits per heavy atom. The molecule has 9 aromatic carbocycles. The van der Waals surface area contributed by atoms with Gasteiger partial charge in [-0.05, 0) is 186 Å². The topological polar surface area (TPSA) is 6.48 Å². The maximum atomic E-state index is 2.47. The summed E-state index contributed by atoms with van der Waals surface area (Å²) in [5, 5.41) is 5.12. The number of nitrogens with zero attached hydrogens (tertiary/aromatic N) is 2. The van der Waals surface area contributed by atoms with Crippen LogP contribution < -0.4 is 9.80 Å². The first kappa shape index (κ1) is 43.7. The van der Waals surface area contributed by atoms with Gasteiger partial charge in [-0.1, -0.05) is 166 Å². The van der Waals surface area contributed by atoms with Crippen LogP contribution in [0.15, 0.2) is 170 Å². The first-order chi connectivity index (χ1) is 32.3. The van der Waals surface area contributed by atoms with E-state index >= 15 is 0 Å². The first-order valence-electron chi connectivity index (χ1n) is 24.6. The van der Waals surface area contributed by atoms with E-state index in [1.807, 2.05) is 0 Å². The Labute approximate surface area is 404 Å². The van der Waals surface area contributed by atoms with Crippen molar-refractivity contribution in [3.05, 3.63) is 214 Å². The van der Waals surface area contributed by atoms with E-state index in [1.165, 1.54) is 99.7 Å². The molecule has 0 saturated heterocycles. The largest absolute Gasteiger partial charge is 0.310 e. The van der Waals surface area contributed by atoms with E-state index in [0.29, 0.717) is 0 Å². The van der Waals surface area contributed by atoms with Gasteiger partial charge < -0.3 is 9.80 Å². The number of anilines is 6. The minimum Gasteiger partial charge on any atom is -0.310 e. The SMILES string of the molecule is Cc1c2ccc(N(c3ccc(C(C)(C)C)cc3)c3ccc4c(c3)C(C)(C)c3ccccc3-4)cc2c(C)c2cc(N(c3ccc(C(C)(C)C)cc3)c3ccc4c(c3)C(C)(C)c3ccccc3-4)ccc12. The van der Waals surface area contributed by atoms with Crippen molar-refractivity contribution in [2.75, 3.05) is 9.80 Å². The molecule has 0 unspecified atom stereocenters. The predicted octanol–water partition coefficient (Wildman–Crippen LogP) is 18.8. The van der Waals surface area contributed by atoms with E-state index < -0.39 is 0 Å². The van der Waals surface area contributed by atoms with Gasteiger partial charge in [0.05, 0.1) is 0 Å². The highest BCUT2D eigenvalue weighted by Crippen LogP contribution is 2.53. The van der Waals surface area contributed by atoms with Crippen molar-refractivity contribution in [3.63, 3.8) is 0 Å². The summed E-state index contributed by atoms with van der Waals surface area (Å²) in [6.07, 6.45) is 0. The molecule has 0 bridgehead atoms. The zero-order valence-corrected chi connectivity index (χ0v) is 42.1. The third-order valence-electron chi connectivity index (χ3n) is 15.8. The Hall–Kier alpha value is -6.90. The fraction of sp³-hybridized carbons (Fsp3) is 0.242. The second-order valence-corrected chi connectivity index (χ2v) is 22.8. The molecular weight excluding hydrogens is 821 g/mol. The molecule has 2 aliphatic rings. The Bertz CT molecular complexity index is 3250. The van der Waals surface area contributed by atoms with Crippen LogP contribution in [0.2, 0.25) is 0 Å². The molecule has 9 aromatic rings. The van der Waals surface area contributed by atoms with Gasteiger partial charge in [0.25, 0.3) is 0 Å². The zero-order chi connectivity index (χ0) is 47.7. The number of aryl methyl sites for hydroxylation is 2. The van der Waals surface area contributed by atoms with Crippen molar-refractivity contribution in [2.45, 2.75) is 105 Å². The summed E-state index contributed by atoms with van der Waals surface area (Å²) >= 11 is 0. The molecule has 0 fully saturated rings. The molecule has 2 heteroatoms. The molecule has 0 aromatic heterocycles. The van der Waals surface area contributed by atoms with Crippen LogP contribution in [0.4, 0.5) is 34.1 Å². The van der Waals surface area contributed by atoms with E-state index in [2.05, 4.69) is 263 Å². The molecule has 68 heavy (non-hydrogen) atoms. The molecule has 0 saturated carbocycles. The van der Waals surface area contributed by atoms with E-state index in [4.69, 9.17) is 0 Å². The fourth-order valence-electron chi connectivity index (χ4n) is 11.7. The Balaban J connectivity index is 1.08. The molecular formula is C66H64N2. The lowest BCUT2D eigenvalue weighted by atomic mass is 9.82. The number of benzene rings is 9. The average Bonchev–Trinajstić information content (AvgIpc) is 3.69.